The van der Waals surface area contributed by atoms with Gasteiger partial charge in [-0.15, -0.1) is 0 Å². The summed E-state index contributed by atoms with van der Waals surface area (Å²) in [5.74, 6) is 0.817. The van der Waals surface area contributed by atoms with Gasteiger partial charge in [-0.25, -0.2) is 0 Å². The molecule has 1 N–H and O–H groups in total. The van der Waals surface area contributed by atoms with Crippen LogP contribution in [0.4, 0.5) is 0 Å². The lowest BCUT2D eigenvalue weighted by molar-refractivity contribution is 0.0749. The Morgan fingerprint density at radius 3 is 2.86 bits per heavy atom. The topological polar surface area (TPSA) is 15.3 Å². The van der Waals surface area contributed by atoms with Gasteiger partial charge >= 0.3 is 0 Å². The first-order chi connectivity index (χ1) is 9.93. The second-order valence-corrected chi connectivity index (χ2v) is 7.98. The molecule has 2 rings (SSSR count). The molecule has 2 atom stereocenters. The van der Waals surface area contributed by atoms with Crippen molar-refractivity contribution in [1.29, 1.82) is 0 Å². The van der Waals surface area contributed by atoms with Gasteiger partial charge in [0, 0.05) is 28.1 Å². The molecule has 0 saturated heterocycles. The van der Waals surface area contributed by atoms with Crippen LogP contribution in [0.15, 0.2) is 22.7 Å². The maximum Gasteiger partial charge on any atom is 0.0451 e. The molecule has 1 aromatic carbocycles. The fraction of sp³-hybridized carbons (Fsp3) is 0.647. The Bertz CT molecular complexity index is 478. The van der Waals surface area contributed by atoms with Crippen molar-refractivity contribution in [2.75, 3.05) is 20.6 Å². The highest BCUT2D eigenvalue weighted by Crippen LogP contribution is 2.35. The summed E-state index contributed by atoms with van der Waals surface area (Å²) in [6, 6.07) is 6.03. The summed E-state index contributed by atoms with van der Waals surface area (Å²) in [5.41, 5.74) is 1.44. The van der Waals surface area contributed by atoms with Crippen LogP contribution in [0.2, 0.25) is 5.02 Å². The van der Waals surface area contributed by atoms with Gasteiger partial charge in [-0.05, 0) is 56.6 Å². The van der Waals surface area contributed by atoms with Gasteiger partial charge in [-0.1, -0.05) is 47.3 Å². The molecule has 118 valence electrons. The van der Waals surface area contributed by atoms with Crippen LogP contribution in [-0.4, -0.2) is 31.1 Å². The predicted molar refractivity (Wildman–Crippen MR) is 94.9 cm³/mol. The molecule has 0 amide bonds. The van der Waals surface area contributed by atoms with Crippen molar-refractivity contribution >= 4 is 27.5 Å². The van der Waals surface area contributed by atoms with Crippen LogP contribution >= 0.6 is 27.5 Å². The SMILES string of the molecule is CC1CCCC(CNCc2cc(Br)ccc2Cl)(N(C)C)C1. The first-order valence-electron chi connectivity index (χ1n) is 7.75. The van der Waals surface area contributed by atoms with Crippen LogP contribution in [0.25, 0.3) is 0 Å². The van der Waals surface area contributed by atoms with Crippen LogP contribution in [0.5, 0.6) is 0 Å². The van der Waals surface area contributed by atoms with E-state index in [1.54, 1.807) is 0 Å². The van der Waals surface area contributed by atoms with E-state index in [-0.39, 0.29) is 5.54 Å². The zero-order chi connectivity index (χ0) is 15.5. The Hall–Kier alpha value is -0.0900. The highest BCUT2D eigenvalue weighted by Gasteiger charge is 2.36. The standard InChI is InChI=1S/C17H26BrClN2/c1-13-5-4-8-17(10-13,21(2)3)12-20-11-14-9-15(18)6-7-16(14)19/h6-7,9,13,20H,4-5,8,10-12H2,1-3H3. The van der Waals surface area contributed by atoms with E-state index in [9.17, 15) is 0 Å². The molecule has 0 radical (unpaired) electrons. The van der Waals surface area contributed by atoms with Crippen molar-refractivity contribution < 1.29 is 0 Å². The van der Waals surface area contributed by atoms with Crippen molar-refractivity contribution in [2.24, 2.45) is 5.92 Å². The van der Waals surface area contributed by atoms with Gasteiger partial charge in [0.25, 0.3) is 0 Å². The van der Waals surface area contributed by atoms with Gasteiger partial charge in [-0.3, -0.25) is 0 Å². The Morgan fingerprint density at radius 1 is 1.43 bits per heavy atom. The predicted octanol–water partition coefficient (Wildman–Crippen LogP) is 4.70. The lowest BCUT2D eigenvalue weighted by atomic mass is 9.75. The molecule has 1 aromatic rings. The van der Waals surface area contributed by atoms with Gasteiger partial charge in [0.05, 0.1) is 0 Å². The zero-order valence-corrected chi connectivity index (χ0v) is 15.6. The minimum absolute atomic E-state index is 0.288. The molecule has 1 fully saturated rings. The van der Waals surface area contributed by atoms with Crippen LogP contribution in [-0.2, 0) is 6.54 Å². The number of rotatable bonds is 5. The quantitative estimate of drug-likeness (QED) is 0.804. The van der Waals surface area contributed by atoms with Gasteiger partial charge < -0.3 is 10.2 Å². The fourth-order valence-corrected chi connectivity index (χ4v) is 4.06. The fourth-order valence-electron chi connectivity index (χ4n) is 3.47. The molecule has 1 aliphatic carbocycles. The third-order valence-electron chi connectivity index (χ3n) is 4.79. The number of benzene rings is 1. The van der Waals surface area contributed by atoms with Gasteiger partial charge in [0.15, 0.2) is 0 Å². The number of hydrogen-bond donors (Lipinski definition) is 1. The second kappa shape index (κ2) is 7.45. The number of halogens is 2. The Kier molecular flexibility index (Phi) is 6.13. The summed E-state index contributed by atoms with van der Waals surface area (Å²) in [6.07, 6.45) is 5.26. The van der Waals surface area contributed by atoms with E-state index in [1.807, 2.05) is 12.1 Å². The van der Waals surface area contributed by atoms with E-state index >= 15 is 0 Å². The summed E-state index contributed by atoms with van der Waals surface area (Å²) in [7, 11) is 4.43. The second-order valence-electron chi connectivity index (χ2n) is 6.66. The van der Waals surface area contributed by atoms with Crippen LogP contribution < -0.4 is 5.32 Å². The number of likely N-dealkylation sites (N-methyl/N-ethyl adjacent to an activating group) is 1. The van der Waals surface area contributed by atoms with Gasteiger partial charge in [0.2, 0.25) is 0 Å². The van der Waals surface area contributed by atoms with E-state index in [4.69, 9.17) is 11.6 Å². The van der Waals surface area contributed by atoms with E-state index in [0.29, 0.717) is 0 Å². The van der Waals surface area contributed by atoms with Crippen molar-refractivity contribution in [3.8, 4) is 0 Å². The Balaban J connectivity index is 1.98. The Labute approximate surface area is 142 Å². The zero-order valence-electron chi connectivity index (χ0n) is 13.3. The molecule has 0 bridgehead atoms. The molecule has 0 heterocycles. The molecule has 2 unspecified atom stereocenters. The van der Waals surface area contributed by atoms with Crippen molar-refractivity contribution in [1.82, 2.24) is 10.2 Å². The average Bonchev–Trinajstić information content (AvgIpc) is 2.42. The smallest absolute Gasteiger partial charge is 0.0451 e. The van der Waals surface area contributed by atoms with Crippen LogP contribution in [0.1, 0.15) is 38.2 Å². The van der Waals surface area contributed by atoms with Gasteiger partial charge in [-0.2, -0.15) is 0 Å². The lowest BCUT2D eigenvalue weighted by Crippen LogP contribution is -2.54. The van der Waals surface area contributed by atoms with Crippen LogP contribution in [0, 0.1) is 5.92 Å². The maximum atomic E-state index is 6.27. The highest BCUT2D eigenvalue weighted by molar-refractivity contribution is 9.10. The molecule has 1 saturated carbocycles. The molecule has 4 heteroatoms. The van der Waals surface area contributed by atoms with Gasteiger partial charge in [0.1, 0.15) is 0 Å². The molecule has 0 aliphatic heterocycles. The summed E-state index contributed by atoms with van der Waals surface area (Å²) >= 11 is 9.78. The van der Waals surface area contributed by atoms with Crippen molar-refractivity contribution in [3.63, 3.8) is 0 Å². The molecule has 2 nitrogen and oxygen atoms in total. The monoisotopic (exact) mass is 372 g/mol. The van der Waals surface area contributed by atoms with E-state index in [1.165, 1.54) is 25.7 Å². The minimum Gasteiger partial charge on any atom is -0.311 e. The average molecular weight is 374 g/mol. The van der Waals surface area contributed by atoms with E-state index < -0.39 is 0 Å². The first-order valence-corrected chi connectivity index (χ1v) is 8.92. The molecule has 21 heavy (non-hydrogen) atoms. The summed E-state index contributed by atoms with van der Waals surface area (Å²) in [6.45, 7) is 4.22. The third-order valence-corrected chi connectivity index (χ3v) is 5.66. The normalized spacial score (nSPS) is 26.3. The summed E-state index contributed by atoms with van der Waals surface area (Å²) in [4.78, 5) is 2.41. The number of nitrogens with zero attached hydrogens (tertiary/aromatic N) is 1. The first kappa shape index (κ1) is 17.3. The van der Waals surface area contributed by atoms with Crippen molar-refractivity contribution in [2.45, 2.75) is 44.7 Å². The summed E-state index contributed by atoms with van der Waals surface area (Å²) < 4.78 is 1.08. The largest absolute Gasteiger partial charge is 0.311 e. The van der Waals surface area contributed by atoms with Crippen molar-refractivity contribution in [3.05, 3.63) is 33.3 Å². The Morgan fingerprint density at radius 2 is 2.19 bits per heavy atom. The van der Waals surface area contributed by atoms with Crippen LogP contribution in [0.3, 0.4) is 0 Å². The highest BCUT2D eigenvalue weighted by atomic mass is 79.9. The molecule has 0 aromatic heterocycles. The summed E-state index contributed by atoms with van der Waals surface area (Å²) in [5, 5.41) is 4.47. The van der Waals surface area contributed by atoms with E-state index in [2.05, 4.69) is 53.2 Å². The lowest BCUT2D eigenvalue weighted by Gasteiger charge is -2.45. The molecular weight excluding hydrogens is 348 g/mol. The minimum atomic E-state index is 0.288. The number of nitrogens with one attached hydrogen (secondary N) is 1. The molecule has 1 aliphatic rings. The molecular formula is C17H26BrClN2. The maximum absolute atomic E-state index is 6.27. The molecule has 0 spiro atoms. The number of hydrogen-bond acceptors (Lipinski definition) is 2. The third kappa shape index (κ3) is 4.44. The van der Waals surface area contributed by atoms with E-state index in [0.717, 1.165) is 34.1 Å².